The molecule has 0 bridgehead atoms. The number of para-hydroxylation sites is 1. The van der Waals surface area contributed by atoms with E-state index in [1.54, 1.807) is 13.0 Å². The third kappa shape index (κ3) is 3.77. The van der Waals surface area contributed by atoms with E-state index in [0.717, 1.165) is 11.3 Å². The van der Waals surface area contributed by atoms with Crippen molar-refractivity contribution in [3.63, 3.8) is 0 Å². The summed E-state index contributed by atoms with van der Waals surface area (Å²) in [5.41, 5.74) is 1.44. The van der Waals surface area contributed by atoms with Crippen LogP contribution in [0.4, 0.5) is 0 Å². The minimum absolute atomic E-state index is 0.355. The van der Waals surface area contributed by atoms with Crippen molar-refractivity contribution in [3.8, 4) is 5.75 Å². The molecule has 0 aliphatic rings. The average Bonchev–Trinajstić information content (AvgIpc) is 2.26. The van der Waals surface area contributed by atoms with E-state index in [9.17, 15) is 4.79 Å². The fourth-order valence-electron chi connectivity index (χ4n) is 1.25. The van der Waals surface area contributed by atoms with Gasteiger partial charge in [0.1, 0.15) is 5.75 Å². The second kappa shape index (κ2) is 5.95. The molecule has 0 fully saturated rings. The van der Waals surface area contributed by atoms with Gasteiger partial charge in [-0.3, -0.25) is 0 Å². The summed E-state index contributed by atoms with van der Waals surface area (Å²) in [4.78, 5) is 10.5. The van der Waals surface area contributed by atoms with Crippen LogP contribution in [0, 0.1) is 6.92 Å². The van der Waals surface area contributed by atoms with Crippen molar-refractivity contribution in [1.29, 1.82) is 0 Å². The minimum atomic E-state index is -0.879. The molecule has 0 saturated carbocycles. The SMILES string of the molecule is CC(=CCCOc1ccccc1C)C(=O)O. The summed E-state index contributed by atoms with van der Waals surface area (Å²) in [6.07, 6.45) is 2.27. The van der Waals surface area contributed by atoms with E-state index in [2.05, 4.69) is 0 Å². The normalized spacial score (nSPS) is 11.2. The van der Waals surface area contributed by atoms with Crippen LogP contribution in [-0.2, 0) is 4.79 Å². The number of carbonyl (C=O) groups is 1. The van der Waals surface area contributed by atoms with Crippen molar-refractivity contribution < 1.29 is 14.6 Å². The fourth-order valence-corrected chi connectivity index (χ4v) is 1.25. The van der Waals surface area contributed by atoms with E-state index >= 15 is 0 Å². The van der Waals surface area contributed by atoms with Crippen LogP contribution < -0.4 is 4.74 Å². The van der Waals surface area contributed by atoms with E-state index < -0.39 is 5.97 Å². The second-order valence-corrected chi connectivity index (χ2v) is 3.59. The number of ether oxygens (including phenoxy) is 1. The van der Waals surface area contributed by atoms with Gasteiger partial charge >= 0.3 is 5.97 Å². The van der Waals surface area contributed by atoms with Gasteiger partial charge in [-0.15, -0.1) is 0 Å². The Labute approximate surface area is 95.4 Å². The first-order chi connectivity index (χ1) is 7.61. The number of carboxylic acids is 1. The number of benzene rings is 1. The van der Waals surface area contributed by atoms with Gasteiger partial charge in [0.2, 0.25) is 0 Å². The summed E-state index contributed by atoms with van der Waals surface area (Å²) in [6, 6.07) is 7.76. The Bertz CT molecular complexity index is 394. The van der Waals surface area contributed by atoms with Crippen LogP contribution in [0.25, 0.3) is 0 Å². The molecule has 1 aromatic rings. The molecule has 0 aromatic heterocycles. The third-order valence-corrected chi connectivity index (χ3v) is 2.26. The largest absolute Gasteiger partial charge is 0.493 e. The lowest BCUT2D eigenvalue weighted by Crippen LogP contribution is -2.00. The van der Waals surface area contributed by atoms with Gasteiger partial charge < -0.3 is 9.84 Å². The van der Waals surface area contributed by atoms with Crippen molar-refractivity contribution in [1.82, 2.24) is 0 Å². The fraction of sp³-hybridized carbons (Fsp3) is 0.308. The molecule has 0 radical (unpaired) electrons. The van der Waals surface area contributed by atoms with E-state index in [-0.39, 0.29) is 0 Å². The van der Waals surface area contributed by atoms with E-state index in [4.69, 9.17) is 9.84 Å². The summed E-state index contributed by atoms with van der Waals surface area (Å²) in [5, 5.41) is 8.63. The molecule has 0 amide bonds. The van der Waals surface area contributed by atoms with Crippen LogP contribution in [0.2, 0.25) is 0 Å². The summed E-state index contributed by atoms with van der Waals surface area (Å²) in [6.45, 7) is 4.05. The molecule has 1 rings (SSSR count). The van der Waals surface area contributed by atoms with Crippen LogP contribution in [0.5, 0.6) is 5.75 Å². The topological polar surface area (TPSA) is 46.5 Å². The van der Waals surface area contributed by atoms with Gasteiger partial charge in [0, 0.05) is 12.0 Å². The maximum atomic E-state index is 10.5. The Kier molecular flexibility index (Phi) is 4.58. The highest BCUT2D eigenvalue weighted by Crippen LogP contribution is 2.16. The van der Waals surface area contributed by atoms with Crippen LogP contribution in [0.3, 0.4) is 0 Å². The monoisotopic (exact) mass is 220 g/mol. The van der Waals surface area contributed by atoms with E-state index in [1.165, 1.54) is 0 Å². The van der Waals surface area contributed by atoms with Gasteiger partial charge in [0.15, 0.2) is 0 Å². The molecule has 1 aromatic carbocycles. The lowest BCUT2D eigenvalue weighted by atomic mass is 10.2. The predicted octanol–water partition coefficient (Wildman–Crippen LogP) is 2.79. The predicted molar refractivity (Wildman–Crippen MR) is 62.7 cm³/mol. The third-order valence-electron chi connectivity index (χ3n) is 2.26. The quantitative estimate of drug-likeness (QED) is 0.613. The van der Waals surface area contributed by atoms with Gasteiger partial charge in [-0.1, -0.05) is 24.3 Å². The van der Waals surface area contributed by atoms with E-state index in [1.807, 2.05) is 31.2 Å². The smallest absolute Gasteiger partial charge is 0.330 e. The Morgan fingerprint density at radius 3 is 2.75 bits per heavy atom. The Hall–Kier alpha value is -1.77. The van der Waals surface area contributed by atoms with Gasteiger partial charge in [-0.2, -0.15) is 0 Å². The summed E-state index contributed by atoms with van der Waals surface area (Å²) >= 11 is 0. The van der Waals surface area contributed by atoms with Gasteiger partial charge in [0.25, 0.3) is 0 Å². The first kappa shape index (κ1) is 12.3. The zero-order valence-corrected chi connectivity index (χ0v) is 9.56. The molecule has 0 atom stereocenters. The van der Waals surface area contributed by atoms with Crippen LogP contribution in [-0.4, -0.2) is 17.7 Å². The standard InChI is InChI=1S/C13H16O3/c1-10-6-3-4-8-12(10)16-9-5-7-11(2)13(14)15/h3-4,6-8H,5,9H2,1-2H3,(H,14,15). The maximum Gasteiger partial charge on any atom is 0.330 e. The van der Waals surface area contributed by atoms with Gasteiger partial charge in [-0.25, -0.2) is 4.79 Å². The first-order valence-corrected chi connectivity index (χ1v) is 5.19. The number of aryl methyl sites for hydroxylation is 1. The molecular weight excluding hydrogens is 204 g/mol. The number of hydrogen-bond donors (Lipinski definition) is 1. The molecule has 0 aliphatic carbocycles. The second-order valence-electron chi connectivity index (χ2n) is 3.59. The van der Waals surface area contributed by atoms with Crippen molar-refractivity contribution in [3.05, 3.63) is 41.5 Å². The van der Waals surface area contributed by atoms with Crippen molar-refractivity contribution in [2.45, 2.75) is 20.3 Å². The van der Waals surface area contributed by atoms with Crippen molar-refractivity contribution >= 4 is 5.97 Å². The zero-order chi connectivity index (χ0) is 12.0. The summed E-state index contributed by atoms with van der Waals surface area (Å²) in [5.74, 6) is -0.0280. The number of hydrogen-bond acceptors (Lipinski definition) is 2. The highest BCUT2D eigenvalue weighted by molar-refractivity contribution is 5.85. The Morgan fingerprint density at radius 1 is 1.44 bits per heavy atom. The average molecular weight is 220 g/mol. The molecule has 3 heteroatoms. The first-order valence-electron chi connectivity index (χ1n) is 5.19. The van der Waals surface area contributed by atoms with Gasteiger partial charge in [-0.05, 0) is 25.5 Å². The molecule has 1 N–H and O–H groups in total. The number of carboxylic acid groups (broad SMARTS) is 1. The number of aliphatic carboxylic acids is 1. The van der Waals surface area contributed by atoms with Crippen LogP contribution in [0.1, 0.15) is 18.9 Å². The van der Waals surface area contributed by atoms with Crippen LogP contribution >= 0.6 is 0 Å². The molecule has 0 saturated heterocycles. The van der Waals surface area contributed by atoms with E-state index in [0.29, 0.717) is 18.6 Å². The molecule has 3 nitrogen and oxygen atoms in total. The molecule has 0 spiro atoms. The Balaban J connectivity index is 2.40. The summed E-state index contributed by atoms with van der Waals surface area (Å²) < 4.78 is 5.53. The maximum absolute atomic E-state index is 10.5. The molecule has 86 valence electrons. The highest BCUT2D eigenvalue weighted by atomic mass is 16.5. The lowest BCUT2D eigenvalue weighted by Gasteiger charge is -2.07. The molecule has 0 aliphatic heterocycles. The van der Waals surface area contributed by atoms with Crippen LogP contribution in [0.15, 0.2) is 35.9 Å². The molecule has 16 heavy (non-hydrogen) atoms. The highest BCUT2D eigenvalue weighted by Gasteiger charge is 1.99. The van der Waals surface area contributed by atoms with Crippen molar-refractivity contribution in [2.24, 2.45) is 0 Å². The van der Waals surface area contributed by atoms with Crippen molar-refractivity contribution in [2.75, 3.05) is 6.61 Å². The lowest BCUT2D eigenvalue weighted by molar-refractivity contribution is -0.132. The molecular formula is C13H16O3. The molecule has 0 unspecified atom stereocenters. The zero-order valence-electron chi connectivity index (χ0n) is 9.56. The Morgan fingerprint density at radius 2 is 2.12 bits per heavy atom. The van der Waals surface area contributed by atoms with Gasteiger partial charge in [0.05, 0.1) is 6.61 Å². The summed E-state index contributed by atoms with van der Waals surface area (Å²) in [7, 11) is 0. The number of rotatable bonds is 5. The minimum Gasteiger partial charge on any atom is -0.493 e. The molecule has 0 heterocycles.